The van der Waals surface area contributed by atoms with Gasteiger partial charge in [0.1, 0.15) is 0 Å². The van der Waals surface area contributed by atoms with E-state index in [4.69, 9.17) is 0 Å². The van der Waals surface area contributed by atoms with Crippen LogP contribution in [0.3, 0.4) is 0 Å². The molecule has 0 radical (unpaired) electrons. The van der Waals surface area contributed by atoms with Gasteiger partial charge in [-0.05, 0) is 44.2 Å². The van der Waals surface area contributed by atoms with Crippen LogP contribution in [0.15, 0.2) is 42.5 Å². The molecule has 3 unspecified atom stereocenters. The zero-order chi connectivity index (χ0) is 17.2. The van der Waals surface area contributed by atoms with Crippen molar-refractivity contribution in [2.24, 2.45) is 5.92 Å². The van der Waals surface area contributed by atoms with E-state index in [9.17, 15) is 4.79 Å². The number of carbonyl (C=O) groups excluding carboxylic acids is 1. The highest BCUT2D eigenvalue weighted by atomic mass is 16.1. The van der Waals surface area contributed by atoms with Crippen molar-refractivity contribution in [1.82, 2.24) is 21.2 Å². The predicted octanol–water partition coefficient (Wildman–Crippen LogP) is 2.43. The molecule has 130 valence electrons. The molecule has 2 fully saturated rings. The molecule has 3 N–H and O–H groups in total. The largest absolute Gasteiger partial charge is 0.349 e. The Balaban J connectivity index is 1.45. The Morgan fingerprint density at radius 1 is 1.16 bits per heavy atom. The highest BCUT2D eigenvalue weighted by Crippen LogP contribution is 2.27. The van der Waals surface area contributed by atoms with E-state index >= 15 is 0 Å². The topological polar surface area (TPSA) is 66.0 Å². The van der Waals surface area contributed by atoms with E-state index in [0.717, 1.165) is 42.8 Å². The summed E-state index contributed by atoms with van der Waals surface area (Å²) in [6.07, 6.45) is 3.16. The number of amides is 1. The molecule has 2 heterocycles. The molecule has 1 saturated carbocycles. The lowest BCUT2D eigenvalue weighted by Gasteiger charge is -2.31. The van der Waals surface area contributed by atoms with Crippen molar-refractivity contribution in [3.8, 4) is 11.3 Å². The van der Waals surface area contributed by atoms with Gasteiger partial charge in [-0.3, -0.25) is 20.6 Å². The Bertz CT molecular complexity index is 762. The fourth-order valence-corrected chi connectivity index (χ4v) is 3.97. The lowest BCUT2D eigenvalue weighted by atomic mass is 9.83. The summed E-state index contributed by atoms with van der Waals surface area (Å²) in [6.45, 7) is 2.90. The molecule has 4 rings (SSSR count). The number of aromatic nitrogens is 1. The predicted molar refractivity (Wildman–Crippen MR) is 97.9 cm³/mol. The van der Waals surface area contributed by atoms with Crippen molar-refractivity contribution in [3.05, 3.63) is 53.7 Å². The molecule has 1 aromatic carbocycles. The number of hydrogen-bond donors (Lipinski definition) is 3. The highest BCUT2D eigenvalue weighted by Gasteiger charge is 2.34. The number of carbonyl (C=O) groups is 1. The van der Waals surface area contributed by atoms with Crippen LogP contribution in [-0.4, -0.2) is 29.5 Å². The van der Waals surface area contributed by atoms with Gasteiger partial charge in [-0.1, -0.05) is 30.3 Å². The highest BCUT2D eigenvalue weighted by molar-refractivity contribution is 5.95. The number of hydrazine groups is 1. The molecule has 5 nitrogen and oxygen atoms in total. The first kappa shape index (κ1) is 16.2. The summed E-state index contributed by atoms with van der Waals surface area (Å²) >= 11 is 0. The van der Waals surface area contributed by atoms with Crippen molar-refractivity contribution in [2.45, 2.75) is 38.3 Å². The van der Waals surface area contributed by atoms with E-state index in [1.807, 2.05) is 49.4 Å². The van der Waals surface area contributed by atoms with Crippen molar-refractivity contribution in [2.75, 3.05) is 6.54 Å². The SMILES string of the molecule is Cc1nc(-c2ccccc2)ccc1C(=O)NC1CCC2NNCC2C1. The number of fused-ring (bicyclic) bond motifs is 1. The first-order valence-electron chi connectivity index (χ1n) is 9.03. The molecule has 1 saturated heterocycles. The minimum absolute atomic E-state index is 0.00743. The lowest BCUT2D eigenvalue weighted by Crippen LogP contribution is -2.44. The van der Waals surface area contributed by atoms with Crippen LogP contribution in [0.2, 0.25) is 0 Å². The fraction of sp³-hybridized carbons (Fsp3) is 0.400. The summed E-state index contributed by atoms with van der Waals surface area (Å²) in [5.74, 6) is 0.603. The smallest absolute Gasteiger partial charge is 0.253 e. The van der Waals surface area contributed by atoms with Gasteiger partial charge in [0.2, 0.25) is 0 Å². The third-order valence-corrected chi connectivity index (χ3v) is 5.37. The second-order valence-corrected chi connectivity index (χ2v) is 7.07. The van der Waals surface area contributed by atoms with Crippen LogP contribution in [0.5, 0.6) is 0 Å². The summed E-state index contributed by atoms with van der Waals surface area (Å²) < 4.78 is 0. The number of hydrogen-bond acceptors (Lipinski definition) is 4. The van der Waals surface area contributed by atoms with E-state index < -0.39 is 0 Å². The maximum absolute atomic E-state index is 12.7. The van der Waals surface area contributed by atoms with Gasteiger partial charge < -0.3 is 5.32 Å². The number of rotatable bonds is 3. The Labute approximate surface area is 148 Å². The van der Waals surface area contributed by atoms with Crippen LogP contribution in [0.25, 0.3) is 11.3 Å². The molecule has 25 heavy (non-hydrogen) atoms. The zero-order valence-corrected chi connectivity index (χ0v) is 14.5. The average molecular weight is 336 g/mol. The molecule has 5 heteroatoms. The summed E-state index contributed by atoms with van der Waals surface area (Å²) in [4.78, 5) is 17.3. The molecule has 0 spiro atoms. The monoisotopic (exact) mass is 336 g/mol. The Kier molecular flexibility index (Phi) is 4.51. The first-order chi connectivity index (χ1) is 12.2. The van der Waals surface area contributed by atoms with E-state index in [1.54, 1.807) is 0 Å². The lowest BCUT2D eigenvalue weighted by molar-refractivity contribution is 0.0917. The van der Waals surface area contributed by atoms with E-state index in [-0.39, 0.29) is 11.9 Å². The number of benzene rings is 1. The Morgan fingerprint density at radius 2 is 2.00 bits per heavy atom. The van der Waals surface area contributed by atoms with Crippen LogP contribution in [0.4, 0.5) is 0 Å². The Hall–Kier alpha value is -2.24. The minimum Gasteiger partial charge on any atom is -0.349 e. The molecule has 2 aromatic rings. The van der Waals surface area contributed by atoms with Gasteiger partial charge in [0.25, 0.3) is 5.91 Å². The standard InChI is InChI=1S/C20H24N4O/c1-13-17(8-10-18(22-13)14-5-3-2-4-6-14)20(25)23-16-7-9-19-15(11-16)12-21-24-19/h2-6,8,10,15-16,19,21,24H,7,9,11-12H2,1H3,(H,23,25). The second-order valence-electron chi connectivity index (χ2n) is 7.07. The molecule has 1 amide bonds. The molecular formula is C20H24N4O. The van der Waals surface area contributed by atoms with Gasteiger partial charge in [-0.25, -0.2) is 0 Å². The third kappa shape index (κ3) is 3.43. The normalized spacial score (nSPS) is 25.4. The third-order valence-electron chi connectivity index (χ3n) is 5.37. The van der Waals surface area contributed by atoms with Gasteiger partial charge in [0.05, 0.1) is 17.0 Å². The number of pyridine rings is 1. The van der Waals surface area contributed by atoms with Gasteiger partial charge in [0, 0.05) is 24.2 Å². The van der Waals surface area contributed by atoms with E-state index in [0.29, 0.717) is 17.5 Å². The molecular weight excluding hydrogens is 312 g/mol. The van der Waals surface area contributed by atoms with Crippen LogP contribution in [0, 0.1) is 12.8 Å². The number of nitrogens with one attached hydrogen (secondary N) is 3. The maximum atomic E-state index is 12.7. The molecule has 1 aromatic heterocycles. The molecule has 1 aliphatic carbocycles. The first-order valence-corrected chi connectivity index (χ1v) is 9.03. The number of nitrogens with zero attached hydrogens (tertiary/aromatic N) is 1. The van der Waals surface area contributed by atoms with Crippen molar-refractivity contribution in [1.29, 1.82) is 0 Å². The Morgan fingerprint density at radius 3 is 2.80 bits per heavy atom. The molecule has 2 aliphatic rings. The summed E-state index contributed by atoms with van der Waals surface area (Å²) in [5, 5.41) is 3.21. The summed E-state index contributed by atoms with van der Waals surface area (Å²) in [5.41, 5.74) is 9.96. The van der Waals surface area contributed by atoms with Gasteiger partial charge in [-0.15, -0.1) is 0 Å². The van der Waals surface area contributed by atoms with Crippen molar-refractivity contribution >= 4 is 5.91 Å². The molecule has 1 aliphatic heterocycles. The van der Waals surface area contributed by atoms with Gasteiger partial charge in [-0.2, -0.15) is 0 Å². The van der Waals surface area contributed by atoms with Crippen molar-refractivity contribution in [3.63, 3.8) is 0 Å². The number of aryl methyl sites for hydroxylation is 1. The van der Waals surface area contributed by atoms with Crippen LogP contribution >= 0.6 is 0 Å². The maximum Gasteiger partial charge on any atom is 0.253 e. The van der Waals surface area contributed by atoms with E-state index in [2.05, 4.69) is 21.2 Å². The molecule has 0 bridgehead atoms. The summed E-state index contributed by atoms with van der Waals surface area (Å²) in [7, 11) is 0. The van der Waals surface area contributed by atoms with Crippen LogP contribution in [-0.2, 0) is 0 Å². The van der Waals surface area contributed by atoms with Crippen molar-refractivity contribution < 1.29 is 4.79 Å². The van der Waals surface area contributed by atoms with Crippen LogP contribution in [0.1, 0.15) is 35.3 Å². The van der Waals surface area contributed by atoms with Gasteiger partial charge in [0.15, 0.2) is 0 Å². The van der Waals surface area contributed by atoms with Gasteiger partial charge >= 0.3 is 0 Å². The fourth-order valence-electron chi connectivity index (χ4n) is 3.97. The quantitative estimate of drug-likeness (QED) is 0.805. The minimum atomic E-state index is -0.00743. The molecule has 3 atom stereocenters. The zero-order valence-electron chi connectivity index (χ0n) is 14.5. The average Bonchev–Trinajstić information content (AvgIpc) is 3.10. The second kappa shape index (κ2) is 6.94. The summed E-state index contributed by atoms with van der Waals surface area (Å²) in [6, 6.07) is 14.7. The van der Waals surface area contributed by atoms with E-state index in [1.165, 1.54) is 0 Å². The van der Waals surface area contributed by atoms with Crippen LogP contribution < -0.4 is 16.2 Å².